The summed E-state index contributed by atoms with van der Waals surface area (Å²) in [5.74, 6) is -0.479. The first kappa shape index (κ1) is 16.0. The largest absolute Gasteiger partial charge is 0.375 e. The van der Waals surface area contributed by atoms with Crippen LogP contribution < -0.4 is 5.32 Å². The monoisotopic (exact) mass is 360 g/mol. The summed E-state index contributed by atoms with van der Waals surface area (Å²) in [6, 6.07) is 16.7. The summed E-state index contributed by atoms with van der Waals surface area (Å²) < 4.78 is 14.6. The first-order valence-corrected chi connectivity index (χ1v) is 9.02. The van der Waals surface area contributed by atoms with Gasteiger partial charge in [0.05, 0.1) is 22.2 Å². The van der Waals surface area contributed by atoms with Gasteiger partial charge in [0.1, 0.15) is 5.82 Å². The molecular weight excluding hydrogens is 343 g/mol. The van der Waals surface area contributed by atoms with Crippen molar-refractivity contribution < 1.29 is 9.31 Å². The summed E-state index contributed by atoms with van der Waals surface area (Å²) in [6.07, 6.45) is 4.85. The lowest BCUT2D eigenvalue weighted by atomic mass is 9.76. The predicted octanol–water partition coefficient (Wildman–Crippen LogP) is 5.71. The van der Waals surface area contributed by atoms with Gasteiger partial charge in [-0.25, -0.2) is 4.39 Å². The Balaban J connectivity index is 1.66. The average molecular weight is 360 g/mol. The van der Waals surface area contributed by atoms with E-state index in [4.69, 9.17) is 0 Å². The zero-order valence-corrected chi connectivity index (χ0v) is 14.4. The maximum atomic E-state index is 14.6. The second kappa shape index (κ2) is 5.91. The molecule has 0 spiro atoms. The summed E-state index contributed by atoms with van der Waals surface area (Å²) in [5, 5.41) is 17.1. The summed E-state index contributed by atoms with van der Waals surface area (Å²) in [4.78, 5) is 11.1. The van der Waals surface area contributed by atoms with E-state index in [0.717, 1.165) is 22.8 Å². The molecule has 2 aliphatic rings. The van der Waals surface area contributed by atoms with Crippen molar-refractivity contribution in [1.82, 2.24) is 0 Å². The van der Waals surface area contributed by atoms with Crippen LogP contribution >= 0.6 is 0 Å². The van der Waals surface area contributed by atoms with E-state index in [1.165, 1.54) is 12.1 Å². The lowest BCUT2D eigenvalue weighted by Gasteiger charge is -2.37. The fourth-order valence-corrected chi connectivity index (χ4v) is 4.54. The molecule has 1 N–H and O–H groups in total. The number of anilines is 1. The Bertz CT molecular complexity index is 1110. The Morgan fingerprint density at radius 3 is 2.70 bits per heavy atom. The lowest BCUT2D eigenvalue weighted by Crippen LogP contribution is -2.30. The van der Waals surface area contributed by atoms with Gasteiger partial charge in [0.2, 0.25) is 0 Å². The molecule has 134 valence electrons. The van der Waals surface area contributed by atoms with Crippen LogP contribution in [0.3, 0.4) is 0 Å². The lowest BCUT2D eigenvalue weighted by molar-refractivity contribution is -0.385. The van der Waals surface area contributed by atoms with E-state index in [1.54, 1.807) is 0 Å². The molecule has 1 aliphatic heterocycles. The molecule has 0 fully saturated rings. The highest BCUT2D eigenvalue weighted by Crippen LogP contribution is 2.53. The highest BCUT2D eigenvalue weighted by Gasteiger charge is 2.42. The number of fused-ring (bicyclic) bond motifs is 4. The van der Waals surface area contributed by atoms with E-state index in [9.17, 15) is 14.5 Å². The smallest absolute Gasteiger partial charge is 0.275 e. The third kappa shape index (κ3) is 2.42. The van der Waals surface area contributed by atoms with Crippen molar-refractivity contribution in [1.29, 1.82) is 0 Å². The summed E-state index contributed by atoms with van der Waals surface area (Å²) >= 11 is 0. The normalized spacial score (nSPS) is 22.9. The van der Waals surface area contributed by atoms with Crippen LogP contribution in [0.4, 0.5) is 15.8 Å². The second-order valence-corrected chi connectivity index (χ2v) is 7.19. The van der Waals surface area contributed by atoms with Gasteiger partial charge in [0.25, 0.3) is 5.69 Å². The van der Waals surface area contributed by atoms with E-state index >= 15 is 0 Å². The number of allylic oxidation sites excluding steroid dienone is 2. The van der Waals surface area contributed by atoms with Gasteiger partial charge in [-0.2, -0.15) is 0 Å². The molecule has 1 heterocycles. The minimum absolute atomic E-state index is 0.0163. The van der Waals surface area contributed by atoms with Crippen molar-refractivity contribution in [2.45, 2.75) is 18.4 Å². The van der Waals surface area contributed by atoms with Crippen LogP contribution in [0.5, 0.6) is 0 Å². The number of hydrogen-bond acceptors (Lipinski definition) is 3. The first-order valence-electron chi connectivity index (χ1n) is 9.02. The molecule has 3 aromatic rings. The van der Waals surface area contributed by atoms with Gasteiger partial charge in [-0.3, -0.25) is 10.1 Å². The molecule has 0 saturated carbocycles. The van der Waals surface area contributed by atoms with E-state index < -0.39 is 10.7 Å². The molecule has 3 unspecified atom stereocenters. The highest BCUT2D eigenvalue weighted by atomic mass is 19.1. The molecule has 0 bridgehead atoms. The molecule has 5 rings (SSSR count). The number of halogens is 1. The van der Waals surface area contributed by atoms with Crippen LogP contribution in [0.2, 0.25) is 0 Å². The second-order valence-electron chi connectivity index (χ2n) is 7.19. The molecule has 0 aromatic heterocycles. The standard InChI is InChI=1S/C22H17FN2O2/c23-18-10-11-19(25(26)27)20-16-6-3-7-17(16)21(24-22(18)20)15-9-8-13-4-1-2-5-14(13)12-15/h1-6,8-12,16-17,21,24H,7H2. The SMILES string of the molecule is O=[N+]([O-])c1ccc(F)c2c1C1C=CCC1C(c1ccc3ccccc3c1)N2. The van der Waals surface area contributed by atoms with Crippen LogP contribution in [-0.4, -0.2) is 4.92 Å². The maximum absolute atomic E-state index is 14.6. The fraction of sp³-hybridized carbons (Fsp3) is 0.182. The summed E-state index contributed by atoms with van der Waals surface area (Å²) in [7, 11) is 0. The fourth-order valence-electron chi connectivity index (χ4n) is 4.54. The predicted molar refractivity (Wildman–Crippen MR) is 103 cm³/mol. The number of benzene rings is 3. The van der Waals surface area contributed by atoms with Crippen LogP contribution in [0.15, 0.2) is 66.7 Å². The van der Waals surface area contributed by atoms with Gasteiger partial charge in [-0.15, -0.1) is 0 Å². The van der Waals surface area contributed by atoms with Crippen molar-refractivity contribution in [3.63, 3.8) is 0 Å². The Morgan fingerprint density at radius 2 is 1.89 bits per heavy atom. The zero-order valence-electron chi connectivity index (χ0n) is 14.4. The number of hydrogen-bond donors (Lipinski definition) is 1. The minimum Gasteiger partial charge on any atom is -0.375 e. The van der Waals surface area contributed by atoms with Crippen LogP contribution in [0, 0.1) is 21.8 Å². The van der Waals surface area contributed by atoms with Crippen LogP contribution in [0.25, 0.3) is 10.8 Å². The molecule has 3 aromatic carbocycles. The van der Waals surface area contributed by atoms with Crippen molar-refractivity contribution in [3.8, 4) is 0 Å². The third-order valence-corrected chi connectivity index (χ3v) is 5.78. The van der Waals surface area contributed by atoms with Crippen LogP contribution in [-0.2, 0) is 0 Å². The number of nitro benzene ring substituents is 1. The molecule has 0 amide bonds. The molecule has 5 heteroatoms. The van der Waals surface area contributed by atoms with Gasteiger partial charge in [0.15, 0.2) is 0 Å². The van der Waals surface area contributed by atoms with Crippen molar-refractivity contribution >= 4 is 22.1 Å². The molecule has 1 aliphatic carbocycles. The van der Waals surface area contributed by atoms with Gasteiger partial charge in [-0.1, -0.05) is 48.6 Å². The quantitative estimate of drug-likeness (QED) is 0.362. The Hall–Kier alpha value is -3.21. The van der Waals surface area contributed by atoms with Crippen molar-refractivity contribution in [2.75, 3.05) is 5.32 Å². The van der Waals surface area contributed by atoms with E-state index in [1.807, 2.05) is 18.2 Å². The van der Waals surface area contributed by atoms with Crippen molar-refractivity contribution in [2.24, 2.45) is 5.92 Å². The van der Waals surface area contributed by atoms with Gasteiger partial charge >= 0.3 is 0 Å². The minimum atomic E-state index is -0.444. The number of nitro groups is 1. The van der Waals surface area contributed by atoms with Crippen molar-refractivity contribution in [3.05, 3.63) is 93.8 Å². The molecule has 0 radical (unpaired) electrons. The third-order valence-electron chi connectivity index (χ3n) is 5.78. The van der Waals surface area contributed by atoms with E-state index in [2.05, 4.69) is 41.7 Å². The number of rotatable bonds is 2. The Morgan fingerprint density at radius 1 is 1.07 bits per heavy atom. The highest BCUT2D eigenvalue weighted by molar-refractivity contribution is 5.83. The molecule has 0 saturated heterocycles. The van der Waals surface area contributed by atoms with Gasteiger partial charge in [-0.05, 0) is 40.8 Å². The van der Waals surface area contributed by atoms with E-state index in [-0.39, 0.29) is 29.3 Å². The zero-order chi connectivity index (χ0) is 18.5. The van der Waals surface area contributed by atoms with Gasteiger partial charge in [0, 0.05) is 12.0 Å². The Labute approximate surface area is 155 Å². The first-order chi connectivity index (χ1) is 13.1. The van der Waals surface area contributed by atoms with Crippen LogP contribution in [0.1, 0.15) is 29.5 Å². The van der Waals surface area contributed by atoms with E-state index in [0.29, 0.717) is 5.56 Å². The summed E-state index contributed by atoms with van der Waals surface area (Å²) in [6.45, 7) is 0. The number of nitrogens with zero attached hydrogens (tertiary/aromatic N) is 1. The Kier molecular flexibility index (Phi) is 3.50. The average Bonchev–Trinajstić information content (AvgIpc) is 3.17. The summed E-state index contributed by atoms with van der Waals surface area (Å²) in [5.41, 5.74) is 1.78. The topological polar surface area (TPSA) is 55.2 Å². The molecule has 27 heavy (non-hydrogen) atoms. The van der Waals surface area contributed by atoms with Gasteiger partial charge < -0.3 is 5.32 Å². The molecular formula is C22H17FN2O2. The number of nitrogens with one attached hydrogen (secondary N) is 1. The molecule has 4 nitrogen and oxygen atoms in total. The molecule has 3 atom stereocenters. The maximum Gasteiger partial charge on any atom is 0.275 e.